The summed E-state index contributed by atoms with van der Waals surface area (Å²) in [6, 6.07) is 5.03. The molecule has 0 saturated carbocycles. The maximum absolute atomic E-state index is 4.82. The van der Waals surface area contributed by atoms with Crippen molar-refractivity contribution in [2.24, 2.45) is 0 Å². The van der Waals surface area contributed by atoms with Crippen LogP contribution in [-0.2, 0) is 12.8 Å². The Kier molecular flexibility index (Phi) is 4.76. The van der Waals surface area contributed by atoms with Gasteiger partial charge in [-0.3, -0.25) is 0 Å². The van der Waals surface area contributed by atoms with E-state index >= 15 is 0 Å². The third kappa shape index (κ3) is 3.30. The van der Waals surface area contributed by atoms with E-state index in [1.807, 2.05) is 17.4 Å². The van der Waals surface area contributed by atoms with E-state index in [9.17, 15) is 0 Å². The monoisotopic (exact) mass is 343 g/mol. The lowest BCUT2D eigenvalue weighted by Gasteiger charge is -2.36. The van der Waals surface area contributed by atoms with Gasteiger partial charge in [-0.15, -0.1) is 16.4 Å². The van der Waals surface area contributed by atoms with Crippen LogP contribution in [0.4, 0.5) is 5.82 Å². The zero-order chi connectivity index (χ0) is 16.4. The smallest absolute Gasteiger partial charge is 0.151 e. The SMILES string of the molecule is CCc1nc2c(s1)C(NC1CCCN(c3cccnn3)C1)CCC2. The number of nitrogens with zero attached hydrogens (tertiary/aromatic N) is 4. The Labute approximate surface area is 147 Å². The number of anilines is 1. The van der Waals surface area contributed by atoms with Gasteiger partial charge in [0.25, 0.3) is 0 Å². The summed E-state index contributed by atoms with van der Waals surface area (Å²) in [6.07, 6.45) is 8.87. The second-order valence-corrected chi connectivity index (χ2v) is 7.87. The van der Waals surface area contributed by atoms with E-state index in [1.165, 1.54) is 41.3 Å². The molecular formula is C18H25N5S. The Morgan fingerprint density at radius 2 is 2.29 bits per heavy atom. The molecule has 0 aromatic carbocycles. The number of aromatic nitrogens is 3. The molecule has 3 heterocycles. The Hall–Kier alpha value is -1.53. The van der Waals surface area contributed by atoms with E-state index in [0.29, 0.717) is 12.1 Å². The molecule has 1 N–H and O–H groups in total. The minimum absolute atomic E-state index is 0.485. The molecule has 1 fully saturated rings. The van der Waals surface area contributed by atoms with Crippen molar-refractivity contribution in [3.63, 3.8) is 0 Å². The molecule has 2 aliphatic rings. The minimum Gasteiger partial charge on any atom is -0.354 e. The summed E-state index contributed by atoms with van der Waals surface area (Å²) >= 11 is 1.92. The summed E-state index contributed by atoms with van der Waals surface area (Å²) in [6.45, 7) is 4.30. The van der Waals surface area contributed by atoms with Crippen LogP contribution in [0.3, 0.4) is 0 Å². The van der Waals surface area contributed by atoms with Crippen LogP contribution in [0.25, 0.3) is 0 Å². The largest absolute Gasteiger partial charge is 0.354 e. The zero-order valence-electron chi connectivity index (χ0n) is 14.2. The summed E-state index contributed by atoms with van der Waals surface area (Å²) < 4.78 is 0. The maximum atomic E-state index is 4.82. The molecule has 5 nitrogen and oxygen atoms in total. The lowest BCUT2D eigenvalue weighted by atomic mass is 9.96. The second-order valence-electron chi connectivity index (χ2n) is 6.75. The number of nitrogens with one attached hydrogen (secondary N) is 1. The van der Waals surface area contributed by atoms with Crippen LogP contribution in [-0.4, -0.2) is 34.3 Å². The fraction of sp³-hybridized carbons (Fsp3) is 0.611. The molecule has 0 bridgehead atoms. The molecule has 2 unspecified atom stereocenters. The van der Waals surface area contributed by atoms with Crippen molar-refractivity contribution in [1.29, 1.82) is 0 Å². The van der Waals surface area contributed by atoms with Crippen LogP contribution >= 0.6 is 11.3 Å². The number of hydrogen-bond donors (Lipinski definition) is 1. The molecule has 24 heavy (non-hydrogen) atoms. The van der Waals surface area contributed by atoms with E-state index in [1.54, 1.807) is 6.20 Å². The van der Waals surface area contributed by atoms with Gasteiger partial charge in [0.2, 0.25) is 0 Å². The molecule has 6 heteroatoms. The highest BCUT2D eigenvalue weighted by molar-refractivity contribution is 7.11. The van der Waals surface area contributed by atoms with Gasteiger partial charge in [0, 0.05) is 36.2 Å². The lowest BCUT2D eigenvalue weighted by Crippen LogP contribution is -2.47. The number of rotatable bonds is 4. The Morgan fingerprint density at radius 1 is 1.33 bits per heavy atom. The van der Waals surface area contributed by atoms with Crippen molar-refractivity contribution >= 4 is 17.2 Å². The van der Waals surface area contributed by atoms with Crippen LogP contribution in [0.1, 0.15) is 54.2 Å². The highest BCUT2D eigenvalue weighted by Gasteiger charge is 2.28. The molecular weight excluding hydrogens is 318 g/mol. The Morgan fingerprint density at radius 3 is 3.12 bits per heavy atom. The van der Waals surface area contributed by atoms with Gasteiger partial charge >= 0.3 is 0 Å². The number of thiazole rings is 1. The van der Waals surface area contributed by atoms with Gasteiger partial charge in [-0.2, -0.15) is 5.10 Å². The van der Waals surface area contributed by atoms with Crippen molar-refractivity contribution in [3.8, 4) is 0 Å². The van der Waals surface area contributed by atoms with Crippen molar-refractivity contribution in [2.75, 3.05) is 18.0 Å². The molecule has 1 aliphatic carbocycles. The average Bonchev–Trinajstić information content (AvgIpc) is 3.07. The first kappa shape index (κ1) is 16.0. The van der Waals surface area contributed by atoms with E-state index in [2.05, 4.69) is 33.4 Å². The van der Waals surface area contributed by atoms with Gasteiger partial charge in [-0.1, -0.05) is 6.92 Å². The number of piperidine rings is 1. The number of aryl methyl sites for hydroxylation is 2. The highest BCUT2D eigenvalue weighted by atomic mass is 32.1. The van der Waals surface area contributed by atoms with Crippen molar-refractivity contribution in [3.05, 3.63) is 33.9 Å². The van der Waals surface area contributed by atoms with E-state index in [-0.39, 0.29) is 0 Å². The molecule has 0 spiro atoms. The van der Waals surface area contributed by atoms with Gasteiger partial charge in [-0.25, -0.2) is 4.98 Å². The van der Waals surface area contributed by atoms with E-state index in [4.69, 9.17) is 4.98 Å². The second kappa shape index (κ2) is 7.15. The van der Waals surface area contributed by atoms with Gasteiger partial charge in [0.1, 0.15) is 0 Å². The van der Waals surface area contributed by atoms with Crippen LogP contribution in [0.2, 0.25) is 0 Å². The normalized spacial score (nSPS) is 24.0. The molecule has 0 radical (unpaired) electrons. The predicted molar refractivity (Wildman–Crippen MR) is 97.6 cm³/mol. The van der Waals surface area contributed by atoms with Gasteiger partial charge < -0.3 is 10.2 Å². The summed E-state index contributed by atoms with van der Waals surface area (Å²) in [5, 5.41) is 13.5. The standard InChI is InChI=1S/C18H25N5S/c1-2-17-21-15-8-3-7-14(18(15)24-17)20-13-6-5-11-23(12-13)16-9-4-10-19-22-16/h4,9-10,13-14,20H,2-3,5-8,11-12H2,1H3. The first-order valence-corrected chi connectivity index (χ1v) is 9.92. The van der Waals surface area contributed by atoms with Crippen molar-refractivity contribution < 1.29 is 0 Å². The molecule has 2 aromatic heterocycles. The molecule has 4 rings (SSSR count). The fourth-order valence-corrected chi connectivity index (χ4v) is 5.00. The third-order valence-electron chi connectivity index (χ3n) is 5.04. The lowest BCUT2D eigenvalue weighted by molar-refractivity contribution is 0.354. The fourth-order valence-electron chi connectivity index (χ4n) is 3.85. The van der Waals surface area contributed by atoms with Gasteiger partial charge in [-0.05, 0) is 50.7 Å². The van der Waals surface area contributed by atoms with Crippen LogP contribution in [0, 0.1) is 0 Å². The quantitative estimate of drug-likeness (QED) is 0.924. The van der Waals surface area contributed by atoms with E-state index < -0.39 is 0 Å². The summed E-state index contributed by atoms with van der Waals surface area (Å²) in [5.41, 5.74) is 1.35. The molecule has 2 atom stereocenters. The molecule has 1 aliphatic heterocycles. The third-order valence-corrected chi connectivity index (χ3v) is 6.39. The van der Waals surface area contributed by atoms with Gasteiger partial charge in [0.15, 0.2) is 5.82 Å². The summed E-state index contributed by atoms with van der Waals surface area (Å²) in [5.74, 6) is 0.999. The molecule has 0 amide bonds. The maximum Gasteiger partial charge on any atom is 0.151 e. The first-order chi connectivity index (χ1) is 11.8. The summed E-state index contributed by atoms with van der Waals surface area (Å²) in [7, 11) is 0. The Balaban J connectivity index is 1.45. The molecule has 128 valence electrons. The average molecular weight is 344 g/mol. The van der Waals surface area contributed by atoms with E-state index in [0.717, 1.165) is 31.7 Å². The highest BCUT2D eigenvalue weighted by Crippen LogP contribution is 2.35. The van der Waals surface area contributed by atoms with Crippen LogP contribution < -0.4 is 10.2 Å². The minimum atomic E-state index is 0.485. The predicted octanol–water partition coefficient (Wildman–Crippen LogP) is 3.13. The van der Waals surface area contributed by atoms with Crippen molar-refractivity contribution in [1.82, 2.24) is 20.5 Å². The number of fused-ring (bicyclic) bond motifs is 1. The Bertz CT molecular complexity index is 671. The number of hydrogen-bond acceptors (Lipinski definition) is 6. The summed E-state index contributed by atoms with van der Waals surface area (Å²) in [4.78, 5) is 8.68. The molecule has 1 saturated heterocycles. The van der Waals surface area contributed by atoms with Crippen molar-refractivity contribution in [2.45, 2.75) is 57.5 Å². The topological polar surface area (TPSA) is 53.9 Å². The van der Waals surface area contributed by atoms with Gasteiger partial charge in [0.05, 0.1) is 10.7 Å². The molecule has 2 aromatic rings. The van der Waals surface area contributed by atoms with Crippen LogP contribution in [0.5, 0.6) is 0 Å². The zero-order valence-corrected chi connectivity index (χ0v) is 15.1. The van der Waals surface area contributed by atoms with Crippen LogP contribution in [0.15, 0.2) is 18.3 Å². The first-order valence-electron chi connectivity index (χ1n) is 9.10.